The lowest BCUT2D eigenvalue weighted by molar-refractivity contribution is -0.870. The Balaban J connectivity index is 4.30. The van der Waals surface area contributed by atoms with Crippen molar-refractivity contribution < 1.29 is 32.9 Å². The van der Waals surface area contributed by atoms with Gasteiger partial charge in [-0.05, 0) is 44.9 Å². The highest BCUT2D eigenvalue weighted by Crippen LogP contribution is 2.43. The molecule has 0 rings (SSSR count). The molecule has 9 heteroatoms. The second-order valence-electron chi connectivity index (χ2n) is 17.5. The van der Waals surface area contributed by atoms with Crippen molar-refractivity contribution in [2.45, 2.75) is 231 Å². The van der Waals surface area contributed by atoms with Crippen molar-refractivity contribution in [1.29, 1.82) is 0 Å². The van der Waals surface area contributed by atoms with Crippen molar-refractivity contribution in [3.05, 3.63) is 24.3 Å². The van der Waals surface area contributed by atoms with Gasteiger partial charge in [0.05, 0.1) is 39.9 Å². The maximum atomic E-state index is 12.9. The third-order valence-corrected chi connectivity index (χ3v) is 11.6. The summed E-state index contributed by atoms with van der Waals surface area (Å²) in [5.41, 5.74) is 0. The second kappa shape index (κ2) is 39.4. The lowest BCUT2D eigenvalue weighted by Crippen LogP contribution is -2.45. The predicted octanol–water partition coefficient (Wildman–Crippen LogP) is 13.3. The van der Waals surface area contributed by atoms with Gasteiger partial charge in [0.15, 0.2) is 0 Å². The molecule has 0 heterocycles. The summed E-state index contributed by atoms with van der Waals surface area (Å²) in [5, 5.41) is 13.8. The summed E-state index contributed by atoms with van der Waals surface area (Å²) in [7, 11) is 1.58. The van der Waals surface area contributed by atoms with E-state index in [4.69, 9.17) is 9.05 Å². The third kappa shape index (κ3) is 41.2. The van der Waals surface area contributed by atoms with Crippen LogP contribution in [0.25, 0.3) is 0 Å². The molecule has 0 aromatic heterocycles. The predicted molar refractivity (Wildman–Crippen MR) is 240 cm³/mol. The summed E-state index contributed by atoms with van der Waals surface area (Å²) in [6.45, 7) is 4.81. The Kier molecular flexibility index (Phi) is 38.7. The van der Waals surface area contributed by atoms with Gasteiger partial charge in [-0.1, -0.05) is 192 Å². The molecule has 0 aromatic rings. The third-order valence-electron chi connectivity index (χ3n) is 10.7. The summed E-state index contributed by atoms with van der Waals surface area (Å²) >= 11 is 0. The van der Waals surface area contributed by atoms with Gasteiger partial charge < -0.3 is 19.8 Å². The first-order valence-corrected chi connectivity index (χ1v) is 25.2. The number of aliphatic hydroxyl groups excluding tert-OH is 1. The van der Waals surface area contributed by atoms with E-state index < -0.39 is 20.0 Å². The molecular formula is C47H94N2O6P+. The Labute approximate surface area is 347 Å². The van der Waals surface area contributed by atoms with Crippen molar-refractivity contribution in [2.24, 2.45) is 0 Å². The monoisotopic (exact) mass is 814 g/mol. The number of carbonyl (C=O) groups is 1. The van der Waals surface area contributed by atoms with E-state index in [1.165, 1.54) is 161 Å². The number of phosphoric acid groups is 1. The van der Waals surface area contributed by atoms with E-state index in [9.17, 15) is 19.4 Å². The highest BCUT2D eigenvalue weighted by molar-refractivity contribution is 7.47. The number of quaternary nitrogens is 1. The molecule has 56 heavy (non-hydrogen) atoms. The number of aliphatic hydroxyl groups is 1. The molecule has 0 spiro atoms. The largest absolute Gasteiger partial charge is 0.472 e. The van der Waals surface area contributed by atoms with Gasteiger partial charge in [-0.15, -0.1) is 0 Å². The van der Waals surface area contributed by atoms with Gasteiger partial charge in [0, 0.05) is 6.42 Å². The zero-order valence-corrected chi connectivity index (χ0v) is 38.5. The van der Waals surface area contributed by atoms with E-state index >= 15 is 0 Å². The summed E-state index contributed by atoms with van der Waals surface area (Å²) in [6.07, 6.45) is 46.7. The Hall–Kier alpha value is -1.02. The SMILES string of the molecule is CCCCCCCC/C=C/CCCCCCCCCCCCCC(=O)N[C@@H](COP(=O)(O)OCC[N+](C)(C)C)[C@H](O)/C=C/CCCCCCCCCCCCC. The molecule has 1 amide bonds. The molecule has 0 saturated carbocycles. The second-order valence-corrected chi connectivity index (χ2v) is 18.9. The number of rotatable bonds is 43. The molecule has 0 aliphatic heterocycles. The molecule has 0 radical (unpaired) electrons. The molecule has 0 saturated heterocycles. The number of nitrogens with zero attached hydrogens (tertiary/aromatic N) is 1. The van der Waals surface area contributed by atoms with Crippen LogP contribution in [0.15, 0.2) is 24.3 Å². The topological polar surface area (TPSA) is 105 Å². The number of amides is 1. The summed E-state index contributed by atoms with van der Waals surface area (Å²) in [6, 6.07) is -0.843. The first-order chi connectivity index (χ1) is 27.0. The van der Waals surface area contributed by atoms with Gasteiger partial charge in [-0.3, -0.25) is 13.8 Å². The molecule has 3 N–H and O–H groups in total. The molecule has 0 bridgehead atoms. The first-order valence-electron chi connectivity index (χ1n) is 23.7. The quantitative estimate of drug-likeness (QED) is 0.0245. The van der Waals surface area contributed by atoms with Gasteiger partial charge in [0.25, 0.3) is 0 Å². The van der Waals surface area contributed by atoms with Gasteiger partial charge in [0.1, 0.15) is 13.2 Å². The maximum Gasteiger partial charge on any atom is 0.472 e. The van der Waals surface area contributed by atoms with Crippen LogP contribution in [-0.4, -0.2) is 73.4 Å². The molecule has 332 valence electrons. The molecule has 3 atom stereocenters. The van der Waals surface area contributed by atoms with Gasteiger partial charge in [-0.25, -0.2) is 4.57 Å². The van der Waals surface area contributed by atoms with Gasteiger partial charge >= 0.3 is 7.82 Å². The van der Waals surface area contributed by atoms with Crippen LogP contribution in [-0.2, 0) is 18.4 Å². The number of nitrogens with one attached hydrogen (secondary N) is 1. The summed E-state index contributed by atoms with van der Waals surface area (Å²) < 4.78 is 23.6. The number of unbranched alkanes of at least 4 members (excludes halogenated alkanes) is 28. The molecule has 0 fully saturated rings. The fourth-order valence-electron chi connectivity index (χ4n) is 6.86. The van der Waals surface area contributed by atoms with Gasteiger partial charge in [0.2, 0.25) is 5.91 Å². The number of hydrogen-bond donors (Lipinski definition) is 3. The first kappa shape index (κ1) is 55.0. The fourth-order valence-corrected chi connectivity index (χ4v) is 7.60. The van der Waals surface area contributed by atoms with Crippen LogP contribution in [0, 0.1) is 0 Å². The van der Waals surface area contributed by atoms with Crippen molar-refractivity contribution in [3.63, 3.8) is 0 Å². The van der Waals surface area contributed by atoms with E-state index in [2.05, 4.69) is 31.3 Å². The van der Waals surface area contributed by atoms with Crippen LogP contribution in [0.3, 0.4) is 0 Å². The molecule has 8 nitrogen and oxygen atoms in total. The molecule has 0 aliphatic rings. The minimum Gasteiger partial charge on any atom is -0.387 e. The summed E-state index contributed by atoms with van der Waals surface area (Å²) in [4.78, 5) is 23.1. The highest BCUT2D eigenvalue weighted by Gasteiger charge is 2.27. The van der Waals surface area contributed by atoms with Crippen molar-refractivity contribution in [2.75, 3.05) is 40.9 Å². The van der Waals surface area contributed by atoms with Crippen LogP contribution < -0.4 is 5.32 Å². The standard InChI is InChI=1S/C47H93N2O6P/c1-6-8-10-12-14-16-18-20-21-22-23-24-25-26-27-29-31-33-35-37-39-41-47(51)48-45(44-55-56(52,53)54-43-42-49(3,4)5)46(50)40-38-36-34-32-30-28-19-17-15-13-11-9-7-2/h20-21,38,40,45-46,50H,6-19,22-37,39,41-44H2,1-5H3,(H-,48,51,52,53)/p+1/b21-20+,40-38+/t45-,46+/m0/s1. The highest BCUT2D eigenvalue weighted by atomic mass is 31.2. The zero-order chi connectivity index (χ0) is 41.4. The molecule has 1 unspecified atom stereocenters. The summed E-state index contributed by atoms with van der Waals surface area (Å²) in [5.74, 6) is -0.177. The molecular weight excluding hydrogens is 719 g/mol. The number of carbonyl (C=O) groups excluding carboxylic acids is 1. The number of allylic oxidation sites excluding steroid dienone is 3. The normalized spacial score (nSPS) is 14.5. The average Bonchev–Trinajstić information content (AvgIpc) is 3.15. The maximum absolute atomic E-state index is 12.9. The Bertz CT molecular complexity index is 969. The van der Waals surface area contributed by atoms with Crippen molar-refractivity contribution >= 4 is 13.7 Å². The van der Waals surface area contributed by atoms with Crippen LogP contribution in [0.1, 0.15) is 219 Å². The zero-order valence-electron chi connectivity index (χ0n) is 37.6. The van der Waals surface area contributed by atoms with Crippen molar-refractivity contribution in [3.8, 4) is 0 Å². The van der Waals surface area contributed by atoms with E-state index in [0.29, 0.717) is 17.4 Å². The van der Waals surface area contributed by atoms with E-state index in [1.54, 1.807) is 6.08 Å². The van der Waals surface area contributed by atoms with Crippen LogP contribution in [0.5, 0.6) is 0 Å². The van der Waals surface area contributed by atoms with Gasteiger partial charge in [-0.2, -0.15) is 0 Å². The van der Waals surface area contributed by atoms with Crippen LogP contribution >= 0.6 is 7.82 Å². The van der Waals surface area contributed by atoms with E-state index in [-0.39, 0.29) is 19.1 Å². The Morgan fingerprint density at radius 3 is 1.38 bits per heavy atom. The minimum atomic E-state index is -4.33. The molecule has 0 aliphatic carbocycles. The fraction of sp³-hybridized carbons (Fsp3) is 0.894. The Morgan fingerprint density at radius 2 is 0.964 bits per heavy atom. The molecule has 0 aromatic carbocycles. The van der Waals surface area contributed by atoms with Crippen LogP contribution in [0.4, 0.5) is 0 Å². The average molecular weight is 814 g/mol. The lowest BCUT2D eigenvalue weighted by Gasteiger charge is -2.25. The van der Waals surface area contributed by atoms with Crippen molar-refractivity contribution in [1.82, 2.24) is 5.32 Å². The van der Waals surface area contributed by atoms with E-state index in [0.717, 1.165) is 38.5 Å². The minimum absolute atomic E-state index is 0.0627. The van der Waals surface area contributed by atoms with Crippen LogP contribution in [0.2, 0.25) is 0 Å². The van der Waals surface area contributed by atoms with E-state index in [1.807, 2.05) is 27.2 Å². The Morgan fingerprint density at radius 1 is 0.589 bits per heavy atom. The number of phosphoric ester groups is 1. The lowest BCUT2D eigenvalue weighted by atomic mass is 10.0. The smallest absolute Gasteiger partial charge is 0.387 e. The number of hydrogen-bond acceptors (Lipinski definition) is 5. The number of likely N-dealkylation sites (N-methyl/N-ethyl adjacent to an activating group) is 1.